The second-order valence-electron chi connectivity index (χ2n) is 17.6. The van der Waals surface area contributed by atoms with E-state index < -0.39 is 52.8 Å². The molecule has 8 aromatic rings. The summed E-state index contributed by atoms with van der Waals surface area (Å²) in [6.07, 6.45) is -0.820. The minimum absolute atomic E-state index is 0.0419. The van der Waals surface area contributed by atoms with Crippen molar-refractivity contribution in [1.29, 1.82) is 0 Å². The van der Waals surface area contributed by atoms with Crippen molar-refractivity contribution in [3.05, 3.63) is 220 Å². The van der Waals surface area contributed by atoms with Gasteiger partial charge in [-0.1, -0.05) is 180 Å². The number of fused-ring (bicyclic) bond motifs is 1. The van der Waals surface area contributed by atoms with Crippen LogP contribution in [0.15, 0.2) is 196 Å². The van der Waals surface area contributed by atoms with Crippen LogP contribution in [0.1, 0.15) is 53.5 Å². The Morgan fingerprint density at radius 3 is 1.88 bits per heavy atom. The van der Waals surface area contributed by atoms with Crippen LogP contribution in [0.3, 0.4) is 0 Å². The van der Waals surface area contributed by atoms with Crippen LogP contribution < -0.4 is 20.1 Å². The van der Waals surface area contributed by atoms with Gasteiger partial charge in [0.1, 0.15) is 40.5 Å². The first-order valence-corrected chi connectivity index (χ1v) is 28.0. The number of rotatable bonds is 19. The molecule has 2 aliphatic heterocycles. The minimum atomic E-state index is -1.06. The maximum absolute atomic E-state index is 14.9. The highest BCUT2D eigenvalue weighted by molar-refractivity contribution is 8.01. The Bertz CT molecular complexity index is 3410. The van der Waals surface area contributed by atoms with Crippen molar-refractivity contribution in [1.82, 2.24) is 25.4 Å². The largest absolute Gasteiger partial charge is 0.448 e. The lowest BCUT2D eigenvalue weighted by molar-refractivity contribution is -0.154. The molecule has 2 aromatic heterocycles. The molecule has 6 aromatic carbocycles. The molecule has 2 aliphatic rings. The van der Waals surface area contributed by atoms with Crippen molar-refractivity contribution in [3.8, 4) is 22.1 Å². The Labute approximate surface area is 464 Å². The number of carbonyl (C=O) groups excluding carboxylic acids is 5. The van der Waals surface area contributed by atoms with Gasteiger partial charge < -0.3 is 29.7 Å². The molecule has 0 saturated carbocycles. The van der Waals surface area contributed by atoms with Crippen LogP contribution in [0.25, 0.3) is 10.6 Å². The molecule has 1 saturated heterocycles. The van der Waals surface area contributed by atoms with Gasteiger partial charge in [-0.3, -0.25) is 24.1 Å². The topological polar surface area (TPSA) is 201 Å². The van der Waals surface area contributed by atoms with Gasteiger partial charge in [0.2, 0.25) is 0 Å². The first-order valence-electron chi connectivity index (χ1n) is 24.3. The summed E-state index contributed by atoms with van der Waals surface area (Å²) in [5, 5.41) is 21.5. The number of nitrogens with zero attached hydrogens (tertiary/aromatic N) is 5. The van der Waals surface area contributed by atoms with Crippen LogP contribution in [0.2, 0.25) is 0 Å². The van der Waals surface area contributed by atoms with E-state index in [9.17, 15) is 24.0 Å². The van der Waals surface area contributed by atoms with Gasteiger partial charge in [0.15, 0.2) is 32.8 Å². The number of nitrogens with one attached hydrogen (secondary N) is 2. The van der Waals surface area contributed by atoms with Gasteiger partial charge in [0.05, 0.1) is 0 Å². The molecule has 0 spiro atoms. The van der Waals surface area contributed by atoms with Gasteiger partial charge in [0.25, 0.3) is 11.8 Å². The lowest BCUT2D eigenvalue weighted by atomic mass is 9.77. The number of benzene rings is 6. The van der Waals surface area contributed by atoms with Crippen molar-refractivity contribution >= 4 is 86.8 Å². The van der Waals surface area contributed by atoms with E-state index in [-0.39, 0.29) is 34.4 Å². The van der Waals surface area contributed by atoms with Crippen LogP contribution in [0.5, 0.6) is 11.5 Å². The van der Waals surface area contributed by atoms with Crippen molar-refractivity contribution in [2.75, 3.05) is 23.9 Å². The molecular weight excluding hydrogens is 1070 g/mol. The van der Waals surface area contributed by atoms with Crippen LogP contribution in [0.4, 0.5) is 5.13 Å². The number of carbonyl (C=O) groups is 5. The van der Waals surface area contributed by atoms with Gasteiger partial charge in [-0.15, -0.1) is 33.3 Å². The normalized spacial score (nSPS) is 15.2. The van der Waals surface area contributed by atoms with E-state index in [1.165, 1.54) is 84.2 Å². The molecule has 2 N–H and O–H groups in total. The van der Waals surface area contributed by atoms with E-state index >= 15 is 0 Å². The molecule has 4 heterocycles. The van der Waals surface area contributed by atoms with Crippen LogP contribution in [-0.2, 0) is 39.1 Å². The summed E-state index contributed by atoms with van der Waals surface area (Å²) >= 11 is 5.24. The first kappa shape index (κ1) is 53.0. The number of thiazole rings is 1. The molecule has 2 amide bonds. The molecule has 2 atom stereocenters. The number of ether oxygens (including phenoxy) is 3. The summed E-state index contributed by atoms with van der Waals surface area (Å²) in [4.78, 5) is 79.0. The maximum atomic E-state index is 14.9. The monoisotopic (exact) mass is 1110 g/mol. The number of β-lactam (4-membered cyclic amide) rings is 1. The Hall–Kier alpha value is -8.43. The van der Waals surface area contributed by atoms with E-state index in [4.69, 9.17) is 24.0 Å². The van der Waals surface area contributed by atoms with E-state index in [0.29, 0.717) is 31.4 Å². The van der Waals surface area contributed by atoms with Gasteiger partial charge in [-0.2, -0.15) is 0 Å². The molecule has 0 unspecified atom stereocenters. The average Bonchev–Trinajstić information content (AvgIpc) is 4.16. The number of hydrogen-bond acceptors (Lipinski definition) is 18. The standard InChI is InChI=1S/C58H47N7O9S4/c1-35(66)72-45-30-29-39(31-46(45)73-36(2)67)52-62-63-57(78-52)77-33-40-32-75-54-48(53(69)65(54)49(40)55(70)74-50(37-19-9-4-10-20-37)38-21-11-5-12-22-38)60-51(68)47(64-71-3)44-34-76-56(59-44)61-58(41-23-13-6-14-24-41,42-25-15-7-16-26-42)43-27-17-8-18-28-43/h4-31,34,48,50,54H,32-33H2,1-3H3,(H,59,61)(H,60,68)/b64-47+/t48-,54-/m1/s1. The van der Waals surface area contributed by atoms with E-state index in [1.54, 1.807) is 11.4 Å². The second-order valence-corrected chi connectivity index (χ2v) is 21.7. The Morgan fingerprint density at radius 1 is 0.756 bits per heavy atom. The van der Waals surface area contributed by atoms with E-state index in [0.717, 1.165) is 27.8 Å². The molecule has 0 bridgehead atoms. The lowest BCUT2D eigenvalue weighted by Gasteiger charge is -2.49. The predicted octanol–water partition coefficient (Wildman–Crippen LogP) is 10.0. The summed E-state index contributed by atoms with van der Waals surface area (Å²) in [6, 6.07) is 52.5. The number of esters is 3. The molecule has 78 heavy (non-hydrogen) atoms. The summed E-state index contributed by atoms with van der Waals surface area (Å²) in [7, 11) is 1.33. The summed E-state index contributed by atoms with van der Waals surface area (Å²) < 4.78 is 17.5. The molecule has 0 radical (unpaired) electrons. The van der Waals surface area contributed by atoms with Gasteiger partial charge in [-0.05, 0) is 51.6 Å². The summed E-state index contributed by atoms with van der Waals surface area (Å²) in [6.45, 7) is 2.48. The molecule has 392 valence electrons. The highest BCUT2D eigenvalue weighted by Gasteiger charge is 2.55. The average molecular weight is 1110 g/mol. The van der Waals surface area contributed by atoms with Crippen LogP contribution in [-0.4, -0.2) is 85.5 Å². The van der Waals surface area contributed by atoms with Gasteiger partial charge in [-0.25, -0.2) is 9.78 Å². The van der Waals surface area contributed by atoms with Crippen molar-refractivity contribution in [2.24, 2.45) is 5.16 Å². The smallest absolute Gasteiger partial charge is 0.356 e. The number of hydrogen-bond donors (Lipinski definition) is 2. The van der Waals surface area contributed by atoms with E-state index in [2.05, 4.69) is 62.4 Å². The fraction of sp³-hybridized carbons (Fsp3) is 0.155. The van der Waals surface area contributed by atoms with E-state index in [1.807, 2.05) is 115 Å². The highest BCUT2D eigenvalue weighted by Crippen LogP contribution is 2.45. The fourth-order valence-corrected chi connectivity index (χ4v) is 13.1. The molecular formula is C58H47N7O9S4. The summed E-state index contributed by atoms with van der Waals surface area (Å²) in [5.74, 6) is -2.52. The Kier molecular flexibility index (Phi) is 16.2. The number of aromatic nitrogens is 3. The minimum Gasteiger partial charge on any atom is -0.448 e. The number of thioether (sulfide) groups is 2. The van der Waals surface area contributed by atoms with Crippen LogP contribution in [0, 0.1) is 0 Å². The van der Waals surface area contributed by atoms with Crippen molar-refractivity contribution in [3.63, 3.8) is 0 Å². The number of anilines is 1. The van der Waals surface area contributed by atoms with Crippen LogP contribution >= 0.6 is 46.2 Å². The molecule has 0 aliphatic carbocycles. The molecule has 20 heteroatoms. The number of oxime groups is 1. The van der Waals surface area contributed by atoms with Gasteiger partial charge >= 0.3 is 17.9 Å². The highest BCUT2D eigenvalue weighted by atomic mass is 32.2. The third-order valence-electron chi connectivity index (χ3n) is 12.5. The molecule has 16 nitrogen and oxygen atoms in total. The summed E-state index contributed by atoms with van der Waals surface area (Å²) in [5.41, 5.74) is 4.72. The third-order valence-corrected chi connectivity index (χ3v) is 16.8. The Morgan fingerprint density at radius 2 is 1.32 bits per heavy atom. The SMILES string of the molecule is CO/N=C(/C(=O)N[C@@H]1C(=O)N2C(C(=O)OC(c3ccccc3)c3ccccc3)=C(CSc3nnc(-c4ccc(OC(C)=O)c(OC(C)=O)c4)s3)CS[C@H]12)c1csc(NC(c2ccccc2)(c2ccccc2)c2ccccc2)n1. The molecule has 10 rings (SSSR count). The van der Waals surface area contributed by atoms with Crippen molar-refractivity contribution in [2.45, 2.75) is 41.2 Å². The zero-order valence-corrected chi connectivity index (χ0v) is 45.2. The van der Waals surface area contributed by atoms with Gasteiger partial charge in [0, 0.05) is 36.3 Å². The zero-order valence-electron chi connectivity index (χ0n) is 41.9. The van der Waals surface area contributed by atoms with Crippen molar-refractivity contribution < 1.29 is 43.0 Å². The second kappa shape index (κ2) is 23.9. The fourth-order valence-electron chi connectivity index (χ4n) is 9.06. The third kappa shape index (κ3) is 11.3. The first-order chi connectivity index (χ1) is 38.0. The zero-order chi connectivity index (χ0) is 54.2. The quantitative estimate of drug-likeness (QED) is 0.0147. The lowest BCUT2D eigenvalue weighted by Crippen LogP contribution is -2.71. The maximum Gasteiger partial charge on any atom is 0.356 e. The number of amides is 2. The Balaban J connectivity index is 0.917. The molecule has 1 fully saturated rings. The predicted molar refractivity (Wildman–Crippen MR) is 300 cm³/mol.